The van der Waals surface area contributed by atoms with Crippen LogP contribution < -0.4 is 4.74 Å². The van der Waals surface area contributed by atoms with Crippen LogP contribution in [0.4, 0.5) is 4.39 Å². The van der Waals surface area contributed by atoms with Crippen LogP contribution in [-0.4, -0.2) is 23.9 Å². The number of hydrogen-bond donors (Lipinski definition) is 1. The van der Waals surface area contributed by atoms with Crippen molar-refractivity contribution in [2.24, 2.45) is 0 Å². The second-order valence-corrected chi connectivity index (χ2v) is 4.64. The molecule has 0 amide bonds. The maximum Gasteiger partial charge on any atom is 0.128 e. The summed E-state index contributed by atoms with van der Waals surface area (Å²) in [6, 6.07) is 4.27. The number of hydrogen-bond acceptors (Lipinski definition) is 3. The Labute approximate surface area is 99.2 Å². The van der Waals surface area contributed by atoms with Gasteiger partial charge in [-0.05, 0) is 31.0 Å². The van der Waals surface area contributed by atoms with E-state index in [0.29, 0.717) is 17.7 Å². The van der Waals surface area contributed by atoms with E-state index in [2.05, 4.69) is 0 Å². The maximum absolute atomic E-state index is 13.1. The van der Waals surface area contributed by atoms with Gasteiger partial charge in [-0.2, -0.15) is 0 Å². The Morgan fingerprint density at radius 2 is 2.18 bits per heavy atom. The van der Waals surface area contributed by atoms with Gasteiger partial charge in [-0.15, -0.1) is 0 Å². The summed E-state index contributed by atoms with van der Waals surface area (Å²) in [6.07, 6.45) is 1.75. The van der Waals surface area contributed by atoms with E-state index in [0.717, 1.165) is 19.4 Å². The SMILES string of the molecule is O[C@H]1CC(C2CCCO2)Oc2ccc(F)cc21. The van der Waals surface area contributed by atoms with Crippen LogP contribution in [0.2, 0.25) is 0 Å². The average molecular weight is 238 g/mol. The summed E-state index contributed by atoms with van der Waals surface area (Å²) < 4.78 is 24.4. The summed E-state index contributed by atoms with van der Waals surface area (Å²) in [7, 11) is 0. The van der Waals surface area contributed by atoms with Gasteiger partial charge in [0.25, 0.3) is 0 Å². The highest BCUT2D eigenvalue weighted by atomic mass is 19.1. The number of rotatable bonds is 1. The average Bonchev–Trinajstić information content (AvgIpc) is 2.83. The lowest BCUT2D eigenvalue weighted by Gasteiger charge is -2.32. The van der Waals surface area contributed by atoms with Crippen LogP contribution in [0.3, 0.4) is 0 Å². The first-order valence-electron chi connectivity index (χ1n) is 6.00. The van der Waals surface area contributed by atoms with E-state index in [-0.39, 0.29) is 18.0 Å². The molecule has 2 aliphatic heterocycles. The lowest BCUT2D eigenvalue weighted by molar-refractivity contribution is -0.0272. The molecule has 1 aromatic carbocycles. The van der Waals surface area contributed by atoms with Gasteiger partial charge >= 0.3 is 0 Å². The van der Waals surface area contributed by atoms with E-state index < -0.39 is 6.10 Å². The van der Waals surface area contributed by atoms with Crippen molar-refractivity contribution in [1.82, 2.24) is 0 Å². The Balaban J connectivity index is 1.84. The molecule has 3 nitrogen and oxygen atoms in total. The minimum absolute atomic E-state index is 0.0582. The van der Waals surface area contributed by atoms with Gasteiger partial charge in [0, 0.05) is 18.6 Å². The van der Waals surface area contributed by atoms with E-state index in [9.17, 15) is 9.50 Å². The molecular weight excluding hydrogens is 223 g/mol. The lowest BCUT2D eigenvalue weighted by atomic mass is 9.95. The summed E-state index contributed by atoms with van der Waals surface area (Å²) in [6.45, 7) is 0.761. The Morgan fingerprint density at radius 3 is 2.94 bits per heavy atom. The molecule has 2 aliphatic rings. The molecule has 0 radical (unpaired) electrons. The quantitative estimate of drug-likeness (QED) is 0.815. The number of fused-ring (bicyclic) bond motifs is 1. The lowest BCUT2D eigenvalue weighted by Crippen LogP contribution is -2.36. The molecule has 3 rings (SSSR count). The fraction of sp³-hybridized carbons (Fsp3) is 0.538. The standard InChI is InChI=1S/C13H15FO3/c14-8-3-4-11-9(6-8)10(15)7-13(17-11)12-2-1-5-16-12/h3-4,6,10,12-13,15H,1-2,5,7H2/t10-,12?,13?/m0/s1. The van der Waals surface area contributed by atoms with E-state index in [4.69, 9.17) is 9.47 Å². The Kier molecular flexibility index (Phi) is 2.76. The first-order valence-corrected chi connectivity index (χ1v) is 6.00. The molecule has 0 aliphatic carbocycles. The van der Waals surface area contributed by atoms with E-state index >= 15 is 0 Å². The molecule has 0 aromatic heterocycles. The largest absolute Gasteiger partial charge is 0.487 e. The van der Waals surface area contributed by atoms with Crippen LogP contribution in [0.25, 0.3) is 0 Å². The zero-order chi connectivity index (χ0) is 11.8. The van der Waals surface area contributed by atoms with Crippen molar-refractivity contribution in [2.45, 2.75) is 37.6 Å². The highest BCUT2D eigenvalue weighted by Gasteiger charge is 2.34. The molecule has 4 heteroatoms. The minimum atomic E-state index is -0.663. The van der Waals surface area contributed by atoms with Crippen LogP contribution in [0, 0.1) is 5.82 Å². The molecule has 1 fully saturated rings. The predicted octanol–water partition coefficient (Wildman–Crippen LogP) is 2.19. The van der Waals surface area contributed by atoms with Crippen LogP contribution in [0.5, 0.6) is 5.75 Å². The normalized spacial score (nSPS) is 32.0. The van der Waals surface area contributed by atoms with E-state index in [1.165, 1.54) is 12.1 Å². The van der Waals surface area contributed by atoms with Gasteiger partial charge in [0.1, 0.15) is 17.7 Å². The van der Waals surface area contributed by atoms with Crippen LogP contribution >= 0.6 is 0 Å². The van der Waals surface area contributed by atoms with Crippen molar-refractivity contribution in [3.8, 4) is 5.75 Å². The number of aliphatic hydroxyl groups is 1. The summed E-state index contributed by atoms with van der Waals surface area (Å²) in [5.41, 5.74) is 0.541. The second kappa shape index (κ2) is 4.27. The monoisotopic (exact) mass is 238 g/mol. The third-order valence-corrected chi connectivity index (χ3v) is 3.44. The summed E-state index contributed by atoms with van der Waals surface area (Å²) >= 11 is 0. The van der Waals surface area contributed by atoms with Gasteiger partial charge in [0.05, 0.1) is 12.2 Å². The molecule has 0 spiro atoms. The van der Waals surface area contributed by atoms with Gasteiger partial charge in [-0.1, -0.05) is 0 Å². The first kappa shape index (κ1) is 11.0. The molecule has 2 heterocycles. The predicted molar refractivity (Wildman–Crippen MR) is 59.4 cm³/mol. The highest BCUT2D eigenvalue weighted by molar-refractivity contribution is 5.37. The minimum Gasteiger partial charge on any atom is -0.487 e. The third kappa shape index (κ3) is 2.03. The third-order valence-electron chi connectivity index (χ3n) is 3.44. The fourth-order valence-corrected chi connectivity index (χ4v) is 2.57. The summed E-state index contributed by atoms with van der Waals surface area (Å²) in [4.78, 5) is 0. The van der Waals surface area contributed by atoms with Gasteiger partial charge < -0.3 is 14.6 Å². The molecule has 2 unspecified atom stereocenters. The smallest absolute Gasteiger partial charge is 0.128 e. The molecule has 3 atom stereocenters. The maximum atomic E-state index is 13.1. The fourth-order valence-electron chi connectivity index (χ4n) is 2.57. The van der Waals surface area contributed by atoms with Crippen LogP contribution in [0.1, 0.15) is 30.9 Å². The Bertz CT molecular complexity index is 415. The van der Waals surface area contributed by atoms with Crippen molar-refractivity contribution in [3.05, 3.63) is 29.6 Å². The van der Waals surface area contributed by atoms with Gasteiger partial charge in [-0.25, -0.2) is 4.39 Å². The molecule has 17 heavy (non-hydrogen) atoms. The van der Waals surface area contributed by atoms with E-state index in [1.54, 1.807) is 6.07 Å². The summed E-state index contributed by atoms with van der Waals surface area (Å²) in [5.74, 6) is 0.229. The Hall–Kier alpha value is -1.13. The first-order chi connectivity index (χ1) is 8.24. The molecule has 1 N–H and O–H groups in total. The van der Waals surface area contributed by atoms with Crippen molar-refractivity contribution in [1.29, 1.82) is 0 Å². The zero-order valence-corrected chi connectivity index (χ0v) is 9.43. The highest BCUT2D eigenvalue weighted by Crippen LogP contribution is 2.37. The van der Waals surface area contributed by atoms with Gasteiger partial charge in [-0.3, -0.25) is 0 Å². The topological polar surface area (TPSA) is 38.7 Å². The van der Waals surface area contributed by atoms with Crippen LogP contribution in [0.15, 0.2) is 18.2 Å². The van der Waals surface area contributed by atoms with Gasteiger partial charge in [0.15, 0.2) is 0 Å². The van der Waals surface area contributed by atoms with Crippen LogP contribution in [-0.2, 0) is 4.74 Å². The molecule has 0 saturated carbocycles. The molecule has 0 bridgehead atoms. The van der Waals surface area contributed by atoms with Gasteiger partial charge in [0.2, 0.25) is 0 Å². The van der Waals surface area contributed by atoms with Crippen molar-refractivity contribution in [3.63, 3.8) is 0 Å². The van der Waals surface area contributed by atoms with E-state index in [1.807, 2.05) is 0 Å². The molecule has 92 valence electrons. The summed E-state index contributed by atoms with van der Waals surface area (Å²) in [5, 5.41) is 10.0. The molecule has 1 aromatic rings. The Morgan fingerprint density at radius 1 is 1.29 bits per heavy atom. The second-order valence-electron chi connectivity index (χ2n) is 4.64. The van der Waals surface area contributed by atoms with Crippen molar-refractivity contribution in [2.75, 3.05) is 6.61 Å². The zero-order valence-electron chi connectivity index (χ0n) is 9.43. The number of halogens is 1. The number of benzene rings is 1. The number of aliphatic hydroxyl groups excluding tert-OH is 1. The molecule has 1 saturated heterocycles. The molecular formula is C13H15FO3. The number of ether oxygens (including phenoxy) is 2. The van der Waals surface area contributed by atoms with Crippen molar-refractivity contribution >= 4 is 0 Å². The van der Waals surface area contributed by atoms with Crippen molar-refractivity contribution < 1.29 is 19.0 Å².